The zero-order chi connectivity index (χ0) is 21.0. The van der Waals surface area contributed by atoms with Crippen molar-refractivity contribution < 1.29 is 9.59 Å². The Balaban J connectivity index is 1.64. The smallest absolute Gasteiger partial charge is 0.255 e. The number of hydrogen-bond donors (Lipinski definition) is 2. The molecule has 1 saturated heterocycles. The molecule has 1 aliphatic heterocycles. The highest BCUT2D eigenvalue weighted by molar-refractivity contribution is 6.06. The van der Waals surface area contributed by atoms with E-state index in [9.17, 15) is 9.59 Å². The van der Waals surface area contributed by atoms with Crippen LogP contribution in [0.4, 0.5) is 11.4 Å². The number of nitrogens with one attached hydrogen (secondary N) is 2. The highest BCUT2D eigenvalue weighted by atomic mass is 16.2. The standard InChI is InChI=1S/C23H30N4O2/c1-23(2,3)25-22(29)18-7-5-6-17(16-18)21(28)24-19-8-10-20(11-9-19)27-14-12-26(4)13-15-27/h5-11,16H,12-15H2,1-4H3,(H,24,28)(H,25,29). The van der Waals surface area contributed by atoms with E-state index in [1.807, 2.05) is 45.0 Å². The summed E-state index contributed by atoms with van der Waals surface area (Å²) in [5, 5.41) is 5.83. The number of likely N-dealkylation sites (N-methyl/N-ethyl adjacent to an activating group) is 1. The van der Waals surface area contributed by atoms with Gasteiger partial charge >= 0.3 is 0 Å². The molecule has 1 aliphatic rings. The van der Waals surface area contributed by atoms with Crippen LogP contribution in [0.5, 0.6) is 0 Å². The van der Waals surface area contributed by atoms with Crippen molar-refractivity contribution in [1.29, 1.82) is 0 Å². The molecule has 29 heavy (non-hydrogen) atoms. The van der Waals surface area contributed by atoms with Gasteiger partial charge in [-0.25, -0.2) is 0 Å². The lowest BCUT2D eigenvalue weighted by Gasteiger charge is -2.34. The maximum atomic E-state index is 12.6. The molecule has 0 saturated carbocycles. The van der Waals surface area contributed by atoms with Crippen molar-refractivity contribution in [2.45, 2.75) is 26.3 Å². The second-order valence-corrected chi connectivity index (χ2v) is 8.58. The van der Waals surface area contributed by atoms with Gasteiger partial charge in [0.2, 0.25) is 0 Å². The van der Waals surface area contributed by atoms with Gasteiger partial charge in [0.1, 0.15) is 0 Å². The van der Waals surface area contributed by atoms with Crippen LogP contribution in [-0.4, -0.2) is 55.5 Å². The van der Waals surface area contributed by atoms with Crippen LogP contribution in [0.3, 0.4) is 0 Å². The van der Waals surface area contributed by atoms with E-state index in [-0.39, 0.29) is 17.4 Å². The normalized spacial score (nSPS) is 15.1. The summed E-state index contributed by atoms with van der Waals surface area (Å²) in [6.07, 6.45) is 0. The van der Waals surface area contributed by atoms with Gasteiger partial charge in [0, 0.05) is 54.2 Å². The maximum absolute atomic E-state index is 12.6. The molecule has 154 valence electrons. The van der Waals surface area contributed by atoms with Crippen LogP contribution >= 0.6 is 0 Å². The van der Waals surface area contributed by atoms with E-state index in [0.29, 0.717) is 11.1 Å². The molecule has 2 amide bonds. The van der Waals surface area contributed by atoms with Crippen LogP contribution in [-0.2, 0) is 0 Å². The lowest BCUT2D eigenvalue weighted by atomic mass is 10.1. The van der Waals surface area contributed by atoms with Crippen LogP contribution in [0.25, 0.3) is 0 Å². The molecule has 2 aromatic rings. The third-order valence-electron chi connectivity index (χ3n) is 4.87. The van der Waals surface area contributed by atoms with Gasteiger partial charge < -0.3 is 20.4 Å². The molecule has 1 heterocycles. The van der Waals surface area contributed by atoms with Gasteiger partial charge in [0.15, 0.2) is 0 Å². The van der Waals surface area contributed by atoms with Gasteiger partial charge in [-0.3, -0.25) is 9.59 Å². The lowest BCUT2D eigenvalue weighted by Crippen LogP contribution is -2.44. The van der Waals surface area contributed by atoms with E-state index in [1.54, 1.807) is 24.3 Å². The van der Waals surface area contributed by atoms with Gasteiger partial charge in [0.25, 0.3) is 11.8 Å². The summed E-state index contributed by atoms with van der Waals surface area (Å²) >= 11 is 0. The largest absolute Gasteiger partial charge is 0.369 e. The van der Waals surface area contributed by atoms with E-state index < -0.39 is 0 Å². The summed E-state index contributed by atoms with van der Waals surface area (Å²) in [4.78, 5) is 29.7. The fourth-order valence-corrected chi connectivity index (χ4v) is 3.24. The number of rotatable bonds is 4. The van der Waals surface area contributed by atoms with E-state index in [4.69, 9.17) is 0 Å². The average Bonchev–Trinajstić information content (AvgIpc) is 2.68. The SMILES string of the molecule is CN1CCN(c2ccc(NC(=O)c3cccc(C(=O)NC(C)(C)C)c3)cc2)CC1. The summed E-state index contributed by atoms with van der Waals surface area (Å²) in [5.41, 5.74) is 2.49. The first-order valence-electron chi connectivity index (χ1n) is 9.99. The van der Waals surface area contributed by atoms with Crippen molar-refractivity contribution in [3.8, 4) is 0 Å². The Labute approximate surface area is 172 Å². The van der Waals surface area contributed by atoms with E-state index >= 15 is 0 Å². The molecule has 0 aliphatic carbocycles. The average molecular weight is 395 g/mol. The first-order valence-corrected chi connectivity index (χ1v) is 9.99. The van der Waals surface area contributed by atoms with Crippen LogP contribution in [0.1, 0.15) is 41.5 Å². The molecular formula is C23H30N4O2. The second kappa shape index (κ2) is 8.66. The molecule has 1 fully saturated rings. The first-order chi connectivity index (χ1) is 13.7. The third-order valence-corrected chi connectivity index (χ3v) is 4.87. The Morgan fingerprint density at radius 1 is 0.862 bits per heavy atom. The number of carbonyl (C=O) groups excluding carboxylic acids is 2. The summed E-state index contributed by atoms with van der Waals surface area (Å²) in [6.45, 7) is 9.89. The second-order valence-electron chi connectivity index (χ2n) is 8.58. The number of nitrogens with zero attached hydrogens (tertiary/aromatic N) is 2. The first kappa shape index (κ1) is 20.9. The fourth-order valence-electron chi connectivity index (χ4n) is 3.24. The van der Waals surface area contributed by atoms with Gasteiger partial charge in [0.05, 0.1) is 0 Å². The Morgan fingerprint density at radius 2 is 1.45 bits per heavy atom. The van der Waals surface area contributed by atoms with Crippen molar-refractivity contribution in [2.24, 2.45) is 0 Å². The number of benzene rings is 2. The Hall–Kier alpha value is -2.86. The molecule has 2 aromatic carbocycles. The van der Waals surface area contributed by atoms with Gasteiger partial charge in [-0.2, -0.15) is 0 Å². The number of anilines is 2. The zero-order valence-electron chi connectivity index (χ0n) is 17.7. The number of hydrogen-bond acceptors (Lipinski definition) is 4. The van der Waals surface area contributed by atoms with Crippen LogP contribution in [0.2, 0.25) is 0 Å². The summed E-state index contributed by atoms with van der Waals surface area (Å²) < 4.78 is 0. The van der Waals surface area contributed by atoms with E-state index in [1.165, 1.54) is 0 Å². The minimum atomic E-state index is -0.332. The Morgan fingerprint density at radius 3 is 2.03 bits per heavy atom. The predicted molar refractivity (Wildman–Crippen MR) is 118 cm³/mol. The van der Waals surface area contributed by atoms with Crippen molar-refractivity contribution >= 4 is 23.2 Å². The van der Waals surface area contributed by atoms with E-state index in [0.717, 1.165) is 37.6 Å². The van der Waals surface area contributed by atoms with Gasteiger partial charge in [-0.1, -0.05) is 6.07 Å². The van der Waals surface area contributed by atoms with Crippen molar-refractivity contribution in [3.05, 3.63) is 59.7 Å². The minimum Gasteiger partial charge on any atom is -0.369 e. The molecule has 3 rings (SSSR count). The van der Waals surface area contributed by atoms with Crippen molar-refractivity contribution in [1.82, 2.24) is 10.2 Å². The molecule has 0 unspecified atom stereocenters. The fraction of sp³-hybridized carbons (Fsp3) is 0.391. The maximum Gasteiger partial charge on any atom is 0.255 e. The van der Waals surface area contributed by atoms with Crippen molar-refractivity contribution in [2.75, 3.05) is 43.4 Å². The molecule has 6 nitrogen and oxygen atoms in total. The topological polar surface area (TPSA) is 64.7 Å². The highest BCUT2D eigenvalue weighted by Crippen LogP contribution is 2.20. The summed E-state index contributed by atoms with van der Waals surface area (Å²) in [7, 11) is 2.14. The van der Waals surface area contributed by atoms with Crippen LogP contribution in [0.15, 0.2) is 48.5 Å². The van der Waals surface area contributed by atoms with Gasteiger partial charge in [-0.05, 0) is 70.3 Å². The third kappa shape index (κ3) is 5.81. The lowest BCUT2D eigenvalue weighted by molar-refractivity contribution is 0.0919. The minimum absolute atomic E-state index is 0.191. The molecular weight excluding hydrogens is 364 g/mol. The molecule has 0 aromatic heterocycles. The molecule has 2 N–H and O–H groups in total. The summed E-state index contributed by atoms with van der Waals surface area (Å²) in [5.74, 6) is -0.425. The van der Waals surface area contributed by atoms with Crippen molar-refractivity contribution in [3.63, 3.8) is 0 Å². The van der Waals surface area contributed by atoms with Crippen LogP contribution < -0.4 is 15.5 Å². The number of amides is 2. The molecule has 0 bridgehead atoms. The van der Waals surface area contributed by atoms with Crippen LogP contribution in [0, 0.1) is 0 Å². The summed E-state index contributed by atoms with van der Waals surface area (Å²) in [6, 6.07) is 14.7. The molecule has 0 atom stereocenters. The monoisotopic (exact) mass is 394 g/mol. The zero-order valence-corrected chi connectivity index (χ0v) is 17.7. The number of piperazine rings is 1. The molecule has 0 spiro atoms. The molecule has 6 heteroatoms. The predicted octanol–water partition coefficient (Wildman–Crippen LogP) is 3.22. The molecule has 0 radical (unpaired) electrons. The quantitative estimate of drug-likeness (QED) is 0.836. The Bertz CT molecular complexity index is 863. The highest BCUT2D eigenvalue weighted by Gasteiger charge is 2.17. The van der Waals surface area contributed by atoms with E-state index in [2.05, 4.69) is 27.5 Å². The number of carbonyl (C=O) groups is 2. The van der Waals surface area contributed by atoms with Gasteiger partial charge in [-0.15, -0.1) is 0 Å². The Kier molecular flexibility index (Phi) is 6.23.